The van der Waals surface area contributed by atoms with Crippen LogP contribution in [0.2, 0.25) is 0 Å². The van der Waals surface area contributed by atoms with Crippen LogP contribution in [0.15, 0.2) is 0 Å². The fourth-order valence-electron chi connectivity index (χ4n) is 1.08. The van der Waals surface area contributed by atoms with E-state index in [1.54, 1.807) is 7.11 Å². The molecule has 16 heavy (non-hydrogen) atoms. The number of amides is 1. The standard InChI is InChI=1S/C12H26N2O2/c1-6-12(3,4)9-14-10(2)11(15)13-7-8-16-5/h10,14H,6-9H2,1-5H3,(H,13,15). The van der Waals surface area contributed by atoms with E-state index in [9.17, 15) is 4.79 Å². The van der Waals surface area contributed by atoms with Gasteiger partial charge in [-0.25, -0.2) is 0 Å². The van der Waals surface area contributed by atoms with Gasteiger partial charge in [0.2, 0.25) is 5.91 Å². The second kappa shape index (κ2) is 7.63. The molecule has 0 saturated carbocycles. The van der Waals surface area contributed by atoms with Crippen molar-refractivity contribution in [1.82, 2.24) is 10.6 Å². The molecule has 0 aliphatic rings. The minimum Gasteiger partial charge on any atom is -0.383 e. The molecule has 96 valence electrons. The maximum absolute atomic E-state index is 11.6. The Morgan fingerprint density at radius 3 is 2.56 bits per heavy atom. The number of ether oxygens (including phenoxy) is 1. The van der Waals surface area contributed by atoms with Crippen LogP contribution in [0.4, 0.5) is 0 Å². The molecular formula is C12H26N2O2. The van der Waals surface area contributed by atoms with E-state index in [4.69, 9.17) is 4.74 Å². The zero-order valence-electron chi connectivity index (χ0n) is 11.2. The second-order valence-electron chi connectivity index (χ2n) is 4.90. The first-order valence-corrected chi connectivity index (χ1v) is 5.93. The van der Waals surface area contributed by atoms with E-state index >= 15 is 0 Å². The van der Waals surface area contributed by atoms with E-state index < -0.39 is 0 Å². The topological polar surface area (TPSA) is 50.4 Å². The van der Waals surface area contributed by atoms with Crippen molar-refractivity contribution >= 4 is 5.91 Å². The van der Waals surface area contributed by atoms with Crippen LogP contribution >= 0.6 is 0 Å². The molecule has 0 rings (SSSR count). The molecule has 1 atom stereocenters. The van der Waals surface area contributed by atoms with Gasteiger partial charge in [-0.05, 0) is 18.8 Å². The van der Waals surface area contributed by atoms with E-state index in [0.717, 1.165) is 13.0 Å². The van der Waals surface area contributed by atoms with Crippen molar-refractivity contribution in [3.05, 3.63) is 0 Å². The highest BCUT2D eigenvalue weighted by Crippen LogP contribution is 2.17. The molecule has 0 heterocycles. The summed E-state index contributed by atoms with van der Waals surface area (Å²) in [5.41, 5.74) is 0.237. The molecule has 0 aromatic carbocycles. The third kappa shape index (κ3) is 6.80. The summed E-state index contributed by atoms with van der Waals surface area (Å²) in [7, 11) is 1.62. The van der Waals surface area contributed by atoms with Crippen LogP contribution in [0, 0.1) is 5.41 Å². The van der Waals surface area contributed by atoms with Crippen molar-refractivity contribution in [3.63, 3.8) is 0 Å². The van der Waals surface area contributed by atoms with Crippen LogP contribution in [-0.4, -0.2) is 38.8 Å². The molecule has 1 amide bonds. The summed E-state index contributed by atoms with van der Waals surface area (Å²) in [6.45, 7) is 10.4. The van der Waals surface area contributed by atoms with Gasteiger partial charge in [-0.15, -0.1) is 0 Å². The van der Waals surface area contributed by atoms with Gasteiger partial charge in [0.25, 0.3) is 0 Å². The Bertz CT molecular complexity index is 205. The molecule has 0 spiro atoms. The van der Waals surface area contributed by atoms with Gasteiger partial charge in [0, 0.05) is 20.2 Å². The molecule has 0 bridgehead atoms. The van der Waals surface area contributed by atoms with Crippen molar-refractivity contribution in [2.75, 3.05) is 26.8 Å². The van der Waals surface area contributed by atoms with Gasteiger partial charge < -0.3 is 15.4 Å². The Balaban J connectivity index is 3.79. The smallest absolute Gasteiger partial charge is 0.236 e. The van der Waals surface area contributed by atoms with E-state index in [2.05, 4.69) is 31.4 Å². The fraction of sp³-hybridized carbons (Fsp3) is 0.917. The number of nitrogens with one attached hydrogen (secondary N) is 2. The lowest BCUT2D eigenvalue weighted by Crippen LogP contribution is -2.45. The number of methoxy groups -OCH3 is 1. The summed E-state index contributed by atoms with van der Waals surface area (Å²) in [4.78, 5) is 11.6. The van der Waals surface area contributed by atoms with E-state index in [-0.39, 0.29) is 17.4 Å². The van der Waals surface area contributed by atoms with Crippen LogP contribution in [0.3, 0.4) is 0 Å². The maximum atomic E-state index is 11.6. The first-order valence-electron chi connectivity index (χ1n) is 5.93. The summed E-state index contributed by atoms with van der Waals surface area (Å²) >= 11 is 0. The second-order valence-corrected chi connectivity index (χ2v) is 4.90. The molecule has 2 N–H and O–H groups in total. The van der Waals surface area contributed by atoms with Gasteiger partial charge in [-0.1, -0.05) is 20.8 Å². The molecule has 0 aromatic heterocycles. The van der Waals surface area contributed by atoms with E-state index in [0.29, 0.717) is 13.2 Å². The Morgan fingerprint density at radius 1 is 1.44 bits per heavy atom. The van der Waals surface area contributed by atoms with Gasteiger partial charge in [-0.2, -0.15) is 0 Å². The van der Waals surface area contributed by atoms with Crippen LogP contribution in [0.5, 0.6) is 0 Å². The van der Waals surface area contributed by atoms with Gasteiger partial charge in [0.05, 0.1) is 12.6 Å². The normalized spacial score (nSPS) is 13.6. The van der Waals surface area contributed by atoms with Crippen molar-refractivity contribution in [3.8, 4) is 0 Å². The monoisotopic (exact) mass is 230 g/mol. The van der Waals surface area contributed by atoms with E-state index in [1.807, 2.05) is 6.92 Å². The van der Waals surface area contributed by atoms with Crippen molar-refractivity contribution < 1.29 is 9.53 Å². The van der Waals surface area contributed by atoms with Gasteiger partial charge in [0.15, 0.2) is 0 Å². The number of carbonyl (C=O) groups is 1. The first kappa shape index (κ1) is 15.4. The van der Waals surface area contributed by atoms with Crippen molar-refractivity contribution in [2.45, 2.75) is 40.2 Å². The first-order chi connectivity index (χ1) is 7.43. The van der Waals surface area contributed by atoms with Gasteiger partial charge in [-0.3, -0.25) is 4.79 Å². The lowest BCUT2D eigenvalue weighted by atomic mass is 9.90. The molecule has 0 aliphatic heterocycles. The third-order valence-electron chi connectivity index (χ3n) is 2.84. The maximum Gasteiger partial charge on any atom is 0.236 e. The van der Waals surface area contributed by atoms with Crippen molar-refractivity contribution in [1.29, 1.82) is 0 Å². The average Bonchev–Trinajstić information content (AvgIpc) is 2.26. The number of rotatable bonds is 8. The zero-order chi connectivity index (χ0) is 12.6. The lowest BCUT2D eigenvalue weighted by Gasteiger charge is -2.25. The van der Waals surface area contributed by atoms with Gasteiger partial charge >= 0.3 is 0 Å². The molecule has 0 aliphatic carbocycles. The van der Waals surface area contributed by atoms with Crippen LogP contribution < -0.4 is 10.6 Å². The molecule has 0 saturated heterocycles. The molecule has 0 aromatic rings. The number of hydrogen-bond donors (Lipinski definition) is 2. The highest BCUT2D eigenvalue weighted by Gasteiger charge is 2.18. The molecule has 0 radical (unpaired) electrons. The Morgan fingerprint density at radius 2 is 2.06 bits per heavy atom. The summed E-state index contributed by atoms with van der Waals surface area (Å²) < 4.78 is 4.87. The largest absolute Gasteiger partial charge is 0.383 e. The Kier molecular flexibility index (Phi) is 7.34. The summed E-state index contributed by atoms with van der Waals surface area (Å²) in [6.07, 6.45) is 1.10. The molecule has 1 unspecified atom stereocenters. The molecule has 0 fully saturated rings. The summed E-state index contributed by atoms with van der Waals surface area (Å²) in [6, 6.07) is -0.150. The van der Waals surface area contributed by atoms with Crippen molar-refractivity contribution in [2.24, 2.45) is 5.41 Å². The predicted octanol–water partition coefficient (Wildman–Crippen LogP) is 1.16. The molecular weight excluding hydrogens is 204 g/mol. The summed E-state index contributed by atoms with van der Waals surface area (Å²) in [5.74, 6) is 0.0314. The quantitative estimate of drug-likeness (QED) is 0.615. The lowest BCUT2D eigenvalue weighted by molar-refractivity contribution is -0.123. The Labute approximate surface area is 99.1 Å². The van der Waals surface area contributed by atoms with Crippen LogP contribution in [0.25, 0.3) is 0 Å². The minimum absolute atomic E-state index is 0.0314. The zero-order valence-corrected chi connectivity index (χ0v) is 11.2. The van der Waals surface area contributed by atoms with Crippen LogP contribution in [0.1, 0.15) is 34.1 Å². The Hall–Kier alpha value is -0.610. The number of carbonyl (C=O) groups excluding carboxylic acids is 1. The fourth-order valence-corrected chi connectivity index (χ4v) is 1.08. The number of hydrogen-bond acceptors (Lipinski definition) is 3. The van der Waals surface area contributed by atoms with E-state index in [1.165, 1.54) is 0 Å². The summed E-state index contributed by atoms with van der Waals surface area (Å²) in [5, 5.41) is 6.06. The molecule has 4 heteroatoms. The highest BCUT2D eigenvalue weighted by molar-refractivity contribution is 5.81. The predicted molar refractivity (Wildman–Crippen MR) is 66.4 cm³/mol. The van der Waals surface area contributed by atoms with Gasteiger partial charge in [0.1, 0.15) is 0 Å². The van der Waals surface area contributed by atoms with Crippen LogP contribution in [-0.2, 0) is 9.53 Å². The molecule has 4 nitrogen and oxygen atoms in total. The highest BCUT2D eigenvalue weighted by atomic mass is 16.5. The third-order valence-corrected chi connectivity index (χ3v) is 2.84. The SMILES string of the molecule is CCC(C)(C)CNC(C)C(=O)NCCOC. The average molecular weight is 230 g/mol. The minimum atomic E-state index is -0.150.